The minimum atomic E-state index is -0.483. The number of hydrogen-bond acceptors (Lipinski definition) is 0. The second kappa shape index (κ2) is 2.89. The molecule has 1 aliphatic carbocycles. The quantitative estimate of drug-likeness (QED) is 0.611. The number of benzene rings is 2. The zero-order valence-corrected chi connectivity index (χ0v) is 7.93. The van der Waals surface area contributed by atoms with Crippen molar-refractivity contribution in [1.29, 1.82) is 0 Å². The maximum Gasteiger partial charge on any atom is 0.133 e. The molecule has 0 nitrogen and oxygen atoms in total. The van der Waals surface area contributed by atoms with Gasteiger partial charge >= 0.3 is 0 Å². The van der Waals surface area contributed by atoms with Gasteiger partial charge in [0.25, 0.3) is 0 Å². The Hall–Kier alpha value is -1.70. The van der Waals surface area contributed by atoms with Crippen LogP contribution in [-0.2, 0) is 6.42 Å². The van der Waals surface area contributed by atoms with Gasteiger partial charge in [0, 0.05) is 17.0 Å². The van der Waals surface area contributed by atoms with E-state index in [9.17, 15) is 8.78 Å². The average Bonchev–Trinajstić information content (AvgIpc) is 2.25. The maximum atomic E-state index is 13.5. The van der Waals surface area contributed by atoms with E-state index in [0.717, 1.165) is 23.4 Å². The Kier molecular flexibility index (Phi) is 1.66. The fourth-order valence-corrected chi connectivity index (χ4v) is 2.14. The van der Waals surface area contributed by atoms with Gasteiger partial charge in [-0.2, -0.15) is 0 Å². The van der Waals surface area contributed by atoms with Gasteiger partial charge < -0.3 is 0 Å². The third kappa shape index (κ3) is 1.11. The third-order valence-corrected chi connectivity index (χ3v) is 2.81. The Bertz CT molecular complexity index is 583. The van der Waals surface area contributed by atoms with Crippen LogP contribution in [-0.4, -0.2) is 0 Å². The highest BCUT2D eigenvalue weighted by molar-refractivity contribution is 5.95. The summed E-state index contributed by atoms with van der Waals surface area (Å²) in [6.45, 7) is 0. The van der Waals surface area contributed by atoms with Gasteiger partial charge in [-0.05, 0) is 17.4 Å². The predicted molar refractivity (Wildman–Crippen MR) is 56.6 cm³/mol. The molecule has 0 saturated carbocycles. The van der Waals surface area contributed by atoms with Gasteiger partial charge in [-0.1, -0.05) is 30.4 Å². The van der Waals surface area contributed by atoms with E-state index in [4.69, 9.17) is 0 Å². The standard InChI is InChI=1S/C13H8F2/c14-11-7-12(15)10-6-2-4-8-3-1-5-9(11)13(8)10/h1-3,5-7H,4H2. The molecule has 0 atom stereocenters. The van der Waals surface area contributed by atoms with E-state index >= 15 is 0 Å². The normalized spacial score (nSPS) is 13.5. The number of halogens is 2. The Balaban J connectivity index is 2.59. The van der Waals surface area contributed by atoms with Gasteiger partial charge in [0.05, 0.1) is 0 Å². The molecule has 0 N–H and O–H groups in total. The number of allylic oxidation sites excluding steroid dienone is 1. The molecule has 1 aliphatic rings. The first-order chi connectivity index (χ1) is 7.27. The Labute approximate surface area is 85.8 Å². The molecule has 2 aromatic rings. The minimum Gasteiger partial charge on any atom is -0.206 e. The Morgan fingerprint density at radius 1 is 1.07 bits per heavy atom. The molecule has 0 fully saturated rings. The van der Waals surface area contributed by atoms with Crippen molar-refractivity contribution in [3.05, 3.63) is 53.1 Å². The van der Waals surface area contributed by atoms with Crippen LogP contribution in [0.5, 0.6) is 0 Å². The lowest BCUT2D eigenvalue weighted by Gasteiger charge is -2.13. The van der Waals surface area contributed by atoms with Crippen molar-refractivity contribution >= 4 is 16.8 Å². The molecular formula is C13H8F2. The molecule has 74 valence electrons. The second-order valence-corrected chi connectivity index (χ2v) is 3.70. The van der Waals surface area contributed by atoms with Crippen LogP contribution < -0.4 is 0 Å². The van der Waals surface area contributed by atoms with Crippen LogP contribution in [0.15, 0.2) is 30.3 Å². The summed E-state index contributed by atoms with van der Waals surface area (Å²) < 4.78 is 27.0. The van der Waals surface area contributed by atoms with E-state index in [1.165, 1.54) is 0 Å². The van der Waals surface area contributed by atoms with Crippen molar-refractivity contribution in [2.75, 3.05) is 0 Å². The SMILES string of the molecule is Fc1cc(F)c2cccc3c2c1C=CC3. The molecule has 0 bridgehead atoms. The fraction of sp³-hybridized carbons (Fsp3) is 0.0769. The van der Waals surface area contributed by atoms with Crippen molar-refractivity contribution in [2.24, 2.45) is 0 Å². The van der Waals surface area contributed by atoms with Crippen LogP contribution in [0.25, 0.3) is 16.8 Å². The van der Waals surface area contributed by atoms with Gasteiger partial charge in [-0.3, -0.25) is 0 Å². The lowest BCUT2D eigenvalue weighted by atomic mass is 9.92. The van der Waals surface area contributed by atoms with Crippen molar-refractivity contribution in [3.8, 4) is 0 Å². The highest BCUT2D eigenvalue weighted by Crippen LogP contribution is 2.31. The molecule has 0 heterocycles. The Morgan fingerprint density at radius 2 is 1.93 bits per heavy atom. The summed E-state index contributed by atoms with van der Waals surface area (Å²) in [5.41, 5.74) is 1.50. The molecule has 0 amide bonds. The molecule has 0 spiro atoms. The molecule has 3 rings (SSSR count). The predicted octanol–water partition coefficient (Wildman–Crippen LogP) is 3.69. The molecular weight excluding hydrogens is 194 g/mol. The van der Waals surface area contributed by atoms with Gasteiger partial charge in [0.1, 0.15) is 11.6 Å². The van der Waals surface area contributed by atoms with E-state index in [1.54, 1.807) is 12.1 Å². The van der Waals surface area contributed by atoms with Gasteiger partial charge in [0.2, 0.25) is 0 Å². The van der Waals surface area contributed by atoms with Crippen LogP contribution in [0.3, 0.4) is 0 Å². The van der Waals surface area contributed by atoms with Crippen LogP contribution >= 0.6 is 0 Å². The average molecular weight is 202 g/mol. The summed E-state index contributed by atoms with van der Waals surface area (Å²) in [5, 5.41) is 1.23. The zero-order valence-electron chi connectivity index (χ0n) is 7.93. The first-order valence-electron chi connectivity index (χ1n) is 4.83. The van der Waals surface area contributed by atoms with Crippen LogP contribution in [0.4, 0.5) is 8.78 Å². The lowest BCUT2D eigenvalue weighted by Crippen LogP contribution is -1.97. The molecule has 0 unspecified atom stereocenters. The topological polar surface area (TPSA) is 0 Å². The van der Waals surface area contributed by atoms with Gasteiger partial charge in [0.15, 0.2) is 0 Å². The summed E-state index contributed by atoms with van der Waals surface area (Å²) in [7, 11) is 0. The zero-order chi connectivity index (χ0) is 10.4. The molecule has 2 heteroatoms. The maximum absolute atomic E-state index is 13.5. The smallest absolute Gasteiger partial charge is 0.133 e. The Morgan fingerprint density at radius 3 is 2.80 bits per heavy atom. The number of hydrogen-bond donors (Lipinski definition) is 0. The van der Waals surface area contributed by atoms with Gasteiger partial charge in [-0.25, -0.2) is 8.78 Å². The molecule has 15 heavy (non-hydrogen) atoms. The summed E-state index contributed by atoms with van der Waals surface area (Å²) >= 11 is 0. The summed E-state index contributed by atoms with van der Waals surface area (Å²) in [6.07, 6.45) is 4.37. The lowest BCUT2D eigenvalue weighted by molar-refractivity contribution is 0.590. The molecule has 0 aliphatic heterocycles. The fourth-order valence-electron chi connectivity index (χ4n) is 2.14. The minimum absolute atomic E-state index is 0.483. The summed E-state index contributed by atoms with van der Waals surface area (Å²) in [6, 6.07) is 6.36. The van der Waals surface area contributed by atoms with E-state index in [-0.39, 0.29) is 0 Å². The highest BCUT2D eigenvalue weighted by Gasteiger charge is 2.15. The summed E-state index contributed by atoms with van der Waals surface area (Å²) in [4.78, 5) is 0. The van der Waals surface area contributed by atoms with Crippen LogP contribution in [0.2, 0.25) is 0 Å². The van der Waals surface area contributed by atoms with Crippen molar-refractivity contribution in [1.82, 2.24) is 0 Å². The van der Waals surface area contributed by atoms with Crippen molar-refractivity contribution in [2.45, 2.75) is 6.42 Å². The molecule has 0 radical (unpaired) electrons. The van der Waals surface area contributed by atoms with Crippen molar-refractivity contribution < 1.29 is 8.78 Å². The molecule has 2 aromatic carbocycles. The van der Waals surface area contributed by atoms with Crippen molar-refractivity contribution in [3.63, 3.8) is 0 Å². The molecule has 0 saturated heterocycles. The largest absolute Gasteiger partial charge is 0.206 e. The number of rotatable bonds is 0. The second-order valence-electron chi connectivity index (χ2n) is 3.70. The van der Waals surface area contributed by atoms with E-state index in [0.29, 0.717) is 10.9 Å². The van der Waals surface area contributed by atoms with E-state index in [1.807, 2.05) is 18.2 Å². The van der Waals surface area contributed by atoms with E-state index < -0.39 is 11.6 Å². The first-order valence-corrected chi connectivity index (χ1v) is 4.83. The highest BCUT2D eigenvalue weighted by atomic mass is 19.1. The third-order valence-electron chi connectivity index (χ3n) is 2.81. The molecule has 0 aromatic heterocycles. The van der Waals surface area contributed by atoms with E-state index in [2.05, 4.69) is 0 Å². The van der Waals surface area contributed by atoms with Crippen LogP contribution in [0, 0.1) is 11.6 Å². The monoisotopic (exact) mass is 202 g/mol. The van der Waals surface area contributed by atoms with Crippen LogP contribution in [0.1, 0.15) is 11.1 Å². The van der Waals surface area contributed by atoms with Gasteiger partial charge in [-0.15, -0.1) is 0 Å². The summed E-state index contributed by atoms with van der Waals surface area (Å²) in [5.74, 6) is -0.966. The first kappa shape index (κ1) is 8.60.